The zero-order chi connectivity index (χ0) is 9.42. The Hall–Kier alpha value is -0.340. The molecule has 0 bridgehead atoms. The van der Waals surface area contributed by atoms with E-state index in [1.165, 1.54) is 0 Å². The minimum absolute atomic E-state index is 0.164. The van der Waals surface area contributed by atoms with Crippen LogP contribution < -0.4 is 0 Å². The number of hydrogen-bond donors (Lipinski definition) is 0. The Morgan fingerprint density at radius 1 is 1.31 bits per heavy atom. The lowest BCUT2D eigenvalue weighted by atomic mass is 10.2. The van der Waals surface area contributed by atoms with E-state index in [2.05, 4.69) is 9.97 Å². The summed E-state index contributed by atoms with van der Waals surface area (Å²) in [6.45, 7) is 1.86. The smallest absolute Gasteiger partial charge is 0.147 e. The third kappa shape index (κ3) is 1.65. The quantitative estimate of drug-likeness (QED) is 0.533. The van der Waals surface area contributed by atoms with Gasteiger partial charge in [-0.25, -0.2) is 9.97 Å². The number of halogens is 2. The van der Waals surface area contributed by atoms with Crippen molar-refractivity contribution in [1.29, 1.82) is 0 Å². The summed E-state index contributed by atoms with van der Waals surface area (Å²) in [5, 5.41) is 0.424. The lowest BCUT2D eigenvalue weighted by Gasteiger charge is -2.06. The maximum Gasteiger partial charge on any atom is 0.147 e. The van der Waals surface area contributed by atoms with Crippen molar-refractivity contribution in [3.05, 3.63) is 22.2 Å². The summed E-state index contributed by atoms with van der Waals surface area (Å²) in [6.07, 6.45) is 3.14. The Kier molecular flexibility index (Phi) is 2.43. The van der Waals surface area contributed by atoms with Crippen LogP contribution in [0.5, 0.6) is 0 Å². The van der Waals surface area contributed by atoms with Gasteiger partial charge in [0.05, 0.1) is 5.38 Å². The average Bonchev–Trinajstić information content (AvgIpc) is 2.51. The van der Waals surface area contributed by atoms with Crippen molar-refractivity contribution in [2.24, 2.45) is 0 Å². The maximum absolute atomic E-state index is 6.01. The van der Waals surface area contributed by atoms with E-state index in [0.29, 0.717) is 11.0 Å². The van der Waals surface area contributed by atoms with E-state index in [1.807, 2.05) is 6.92 Å². The fraction of sp³-hybridized carbons (Fsp3) is 0.556. The van der Waals surface area contributed by atoms with E-state index in [4.69, 9.17) is 23.2 Å². The molecule has 0 radical (unpaired) electrons. The van der Waals surface area contributed by atoms with Crippen LogP contribution >= 0.6 is 23.2 Å². The average molecular weight is 217 g/mol. The Morgan fingerprint density at radius 2 is 2.08 bits per heavy atom. The molecule has 4 heteroatoms. The Bertz CT molecular complexity index is 337. The van der Waals surface area contributed by atoms with Gasteiger partial charge in [-0.05, 0) is 26.2 Å². The number of alkyl halides is 1. The third-order valence-corrected chi connectivity index (χ3v) is 2.76. The maximum atomic E-state index is 6.01. The molecule has 2 rings (SSSR count). The molecule has 70 valence electrons. The molecule has 0 fully saturated rings. The van der Waals surface area contributed by atoms with Crippen LogP contribution in [0.15, 0.2) is 0 Å². The first kappa shape index (κ1) is 9.22. The van der Waals surface area contributed by atoms with Crippen LogP contribution in [0.3, 0.4) is 0 Å². The lowest BCUT2D eigenvalue weighted by Crippen LogP contribution is -2.01. The minimum Gasteiger partial charge on any atom is -0.236 e. The first-order valence-electron chi connectivity index (χ1n) is 4.37. The minimum atomic E-state index is -0.164. The second kappa shape index (κ2) is 3.43. The van der Waals surface area contributed by atoms with Crippen LogP contribution in [-0.4, -0.2) is 9.97 Å². The van der Waals surface area contributed by atoms with Crippen molar-refractivity contribution in [3.8, 4) is 0 Å². The summed E-state index contributed by atoms with van der Waals surface area (Å²) in [5.41, 5.74) is 2.20. The van der Waals surface area contributed by atoms with Gasteiger partial charge in [-0.15, -0.1) is 11.6 Å². The zero-order valence-electron chi connectivity index (χ0n) is 7.35. The third-order valence-electron chi connectivity index (χ3n) is 2.26. The Morgan fingerprint density at radius 3 is 2.77 bits per heavy atom. The fourth-order valence-corrected chi connectivity index (χ4v) is 1.97. The molecule has 1 atom stereocenters. The number of fused-ring (bicyclic) bond motifs is 1. The van der Waals surface area contributed by atoms with E-state index >= 15 is 0 Å². The number of rotatable bonds is 1. The summed E-state index contributed by atoms with van der Waals surface area (Å²) >= 11 is 11.9. The number of aromatic nitrogens is 2. The number of nitrogens with zero attached hydrogens (tertiary/aromatic N) is 2. The molecule has 0 saturated carbocycles. The van der Waals surface area contributed by atoms with Gasteiger partial charge in [0.2, 0.25) is 0 Å². The first-order chi connectivity index (χ1) is 6.18. The fourth-order valence-electron chi connectivity index (χ4n) is 1.58. The van der Waals surface area contributed by atoms with Gasteiger partial charge in [-0.1, -0.05) is 11.6 Å². The van der Waals surface area contributed by atoms with Crippen molar-refractivity contribution in [3.63, 3.8) is 0 Å². The number of hydrogen-bond acceptors (Lipinski definition) is 2. The highest BCUT2D eigenvalue weighted by Gasteiger charge is 2.19. The van der Waals surface area contributed by atoms with Gasteiger partial charge in [-0.3, -0.25) is 0 Å². The highest BCUT2D eigenvalue weighted by molar-refractivity contribution is 6.30. The summed E-state index contributed by atoms with van der Waals surface area (Å²) < 4.78 is 0. The molecule has 0 spiro atoms. The van der Waals surface area contributed by atoms with Crippen LogP contribution in [0.25, 0.3) is 0 Å². The molecule has 13 heavy (non-hydrogen) atoms. The van der Waals surface area contributed by atoms with Crippen molar-refractivity contribution in [2.45, 2.75) is 31.6 Å². The van der Waals surface area contributed by atoms with Gasteiger partial charge in [0.15, 0.2) is 0 Å². The molecule has 0 saturated heterocycles. The van der Waals surface area contributed by atoms with Gasteiger partial charge >= 0.3 is 0 Å². The molecule has 0 N–H and O–H groups in total. The van der Waals surface area contributed by atoms with Gasteiger partial charge in [0.1, 0.15) is 11.0 Å². The Labute approximate surface area is 87.3 Å². The van der Waals surface area contributed by atoms with Crippen LogP contribution in [0.2, 0.25) is 5.15 Å². The second-order valence-electron chi connectivity index (χ2n) is 3.27. The predicted molar refractivity (Wildman–Crippen MR) is 53.3 cm³/mol. The molecule has 0 aromatic carbocycles. The van der Waals surface area contributed by atoms with Gasteiger partial charge < -0.3 is 0 Å². The van der Waals surface area contributed by atoms with Gasteiger partial charge in [0, 0.05) is 11.3 Å². The second-order valence-corrected chi connectivity index (χ2v) is 4.28. The van der Waals surface area contributed by atoms with Crippen molar-refractivity contribution in [1.82, 2.24) is 9.97 Å². The standard InChI is InChI=1S/C9H10Cl2N2/c1-5(10)9-12-7-4-2-3-6(7)8(11)13-9/h5H,2-4H2,1H3. The van der Waals surface area contributed by atoms with E-state index < -0.39 is 0 Å². The summed E-state index contributed by atoms with van der Waals surface area (Å²) in [6, 6.07) is 0. The molecule has 1 aliphatic rings. The predicted octanol–water partition coefficient (Wildman–Crippen LogP) is 2.92. The molecule has 0 amide bonds. The van der Waals surface area contributed by atoms with Crippen LogP contribution in [0, 0.1) is 0 Å². The normalized spacial score (nSPS) is 17.2. The summed E-state index contributed by atoms with van der Waals surface area (Å²) in [7, 11) is 0. The van der Waals surface area contributed by atoms with Gasteiger partial charge in [0.25, 0.3) is 0 Å². The largest absolute Gasteiger partial charge is 0.236 e. The molecular formula is C9H10Cl2N2. The molecule has 2 nitrogen and oxygen atoms in total. The SMILES string of the molecule is CC(Cl)c1nc(Cl)c2c(n1)CCC2. The molecule has 1 aromatic heterocycles. The highest BCUT2D eigenvalue weighted by Crippen LogP contribution is 2.28. The van der Waals surface area contributed by atoms with Crippen molar-refractivity contribution < 1.29 is 0 Å². The van der Waals surface area contributed by atoms with E-state index in [9.17, 15) is 0 Å². The van der Waals surface area contributed by atoms with Gasteiger partial charge in [-0.2, -0.15) is 0 Å². The molecule has 0 aliphatic heterocycles. The lowest BCUT2D eigenvalue weighted by molar-refractivity contribution is 0.864. The monoisotopic (exact) mass is 216 g/mol. The van der Waals surface area contributed by atoms with Crippen LogP contribution in [0.1, 0.15) is 35.8 Å². The van der Waals surface area contributed by atoms with Crippen molar-refractivity contribution in [2.75, 3.05) is 0 Å². The first-order valence-corrected chi connectivity index (χ1v) is 5.19. The molecule has 1 aliphatic carbocycles. The van der Waals surface area contributed by atoms with Crippen molar-refractivity contribution >= 4 is 23.2 Å². The van der Waals surface area contributed by atoms with E-state index in [-0.39, 0.29) is 5.38 Å². The summed E-state index contributed by atoms with van der Waals surface area (Å²) in [5.74, 6) is 0.646. The molecule has 1 unspecified atom stereocenters. The number of aryl methyl sites for hydroxylation is 1. The summed E-state index contributed by atoms with van der Waals surface area (Å²) in [4.78, 5) is 8.55. The Balaban J connectivity index is 2.49. The van der Waals surface area contributed by atoms with E-state index in [1.54, 1.807) is 0 Å². The molecular weight excluding hydrogens is 207 g/mol. The molecule has 1 heterocycles. The van der Waals surface area contributed by atoms with Crippen LogP contribution in [0.4, 0.5) is 0 Å². The topological polar surface area (TPSA) is 25.8 Å². The van der Waals surface area contributed by atoms with Crippen LogP contribution in [-0.2, 0) is 12.8 Å². The van der Waals surface area contributed by atoms with E-state index in [0.717, 1.165) is 30.5 Å². The highest BCUT2D eigenvalue weighted by atomic mass is 35.5. The molecule has 1 aromatic rings. The zero-order valence-corrected chi connectivity index (χ0v) is 8.86.